The molecule has 0 bridgehead atoms. The standard InChI is InChI=1S/C13H19N3O/c1-2-13(17)14-9-7-11-8-10-16(15-11)12-5-3-4-6-12/h2,8,10,12H,1,3-7,9H2,(H,14,17). The summed E-state index contributed by atoms with van der Waals surface area (Å²) in [6, 6.07) is 2.63. The maximum absolute atomic E-state index is 11.0. The van der Waals surface area contributed by atoms with Gasteiger partial charge in [0, 0.05) is 19.2 Å². The second-order valence-corrected chi connectivity index (χ2v) is 4.47. The van der Waals surface area contributed by atoms with E-state index in [-0.39, 0.29) is 5.91 Å². The van der Waals surface area contributed by atoms with Crippen molar-refractivity contribution in [3.63, 3.8) is 0 Å². The molecule has 0 unspecified atom stereocenters. The molecule has 0 aliphatic heterocycles. The van der Waals surface area contributed by atoms with Crippen LogP contribution in [0.25, 0.3) is 0 Å². The number of hydrogen-bond donors (Lipinski definition) is 1. The molecule has 4 nitrogen and oxygen atoms in total. The highest BCUT2D eigenvalue weighted by atomic mass is 16.1. The van der Waals surface area contributed by atoms with Gasteiger partial charge in [0.2, 0.25) is 5.91 Å². The molecule has 1 heterocycles. The number of aromatic nitrogens is 2. The number of carbonyl (C=O) groups excluding carboxylic acids is 1. The maximum Gasteiger partial charge on any atom is 0.243 e. The van der Waals surface area contributed by atoms with E-state index in [1.165, 1.54) is 31.8 Å². The van der Waals surface area contributed by atoms with E-state index in [2.05, 4.69) is 27.9 Å². The molecule has 17 heavy (non-hydrogen) atoms. The maximum atomic E-state index is 11.0. The SMILES string of the molecule is C=CC(=O)NCCc1ccn(C2CCCC2)n1. The van der Waals surface area contributed by atoms with E-state index in [9.17, 15) is 4.79 Å². The molecule has 4 heteroatoms. The fourth-order valence-corrected chi connectivity index (χ4v) is 2.27. The van der Waals surface area contributed by atoms with Gasteiger partial charge in [0.1, 0.15) is 0 Å². The van der Waals surface area contributed by atoms with E-state index in [0.29, 0.717) is 12.6 Å². The van der Waals surface area contributed by atoms with Gasteiger partial charge in [0.05, 0.1) is 11.7 Å². The van der Waals surface area contributed by atoms with Gasteiger partial charge in [0.15, 0.2) is 0 Å². The van der Waals surface area contributed by atoms with Crippen LogP contribution in [0, 0.1) is 0 Å². The summed E-state index contributed by atoms with van der Waals surface area (Å²) < 4.78 is 2.08. The van der Waals surface area contributed by atoms with Gasteiger partial charge >= 0.3 is 0 Å². The normalized spacial score (nSPS) is 16.0. The Morgan fingerprint density at radius 3 is 3.06 bits per heavy atom. The van der Waals surface area contributed by atoms with Crippen LogP contribution in [-0.4, -0.2) is 22.2 Å². The fraction of sp³-hybridized carbons (Fsp3) is 0.538. The van der Waals surface area contributed by atoms with Crippen molar-refractivity contribution in [2.24, 2.45) is 0 Å². The number of rotatable bonds is 5. The van der Waals surface area contributed by atoms with Crippen molar-refractivity contribution in [3.8, 4) is 0 Å². The summed E-state index contributed by atoms with van der Waals surface area (Å²) in [7, 11) is 0. The summed E-state index contributed by atoms with van der Waals surface area (Å²) >= 11 is 0. The third-order valence-corrected chi connectivity index (χ3v) is 3.23. The Morgan fingerprint density at radius 2 is 2.35 bits per heavy atom. The van der Waals surface area contributed by atoms with Crippen molar-refractivity contribution in [1.82, 2.24) is 15.1 Å². The Bertz CT molecular complexity index is 391. The lowest BCUT2D eigenvalue weighted by molar-refractivity contribution is -0.116. The first kappa shape index (κ1) is 11.9. The van der Waals surface area contributed by atoms with Crippen LogP contribution in [0.4, 0.5) is 0 Å². The molecular formula is C13H19N3O. The van der Waals surface area contributed by atoms with E-state index in [0.717, 1.165) is 12.1 Å². The smallest absolute Gasteiger partial charge is 0.243 e. The highest BCUT2D eigenvalue weighted by Crippen LogP contribution is 2.28. The molecule has 1 saturated carbocycles. The number of nitrogens with one attached hydrogen (secondary N) is 1. The third-order valence-electron chi connectivity index (χ3n) is 3.23. The predicted molar refractivity (Wildman–Crippen MR) is 66.6 cm³/mol. The van der Waals surface area contributed by atoms with Crippen LogP contribution in [0.15, 0.2) is 24.9 Å². The summed E-state index contributed by atoms with van der Waals surface area (Å²) in [5, 5.41) is 7.31. The van der Waals surface area contributed by atoms with Crippen molar-refractivity contribution in [3.05, 3.63) is 30.6 Å². The molecule has 0 aromatic carbocycles. The van der Waals surface area contributed by atoms with Crippen LogP contribution < -0.4 is 5.32 Å². The Kier molecular flexibility index (Phi) is 3.96. The van der Waals surface area contributed by atoms with Crippen LogP contribution in [0.2, 0.25) is 0 Å². The summed E-state index contributed by atoms with van der Waals surface area (Å²) in [4.78, 5) is 11.0. The van der Waals surface area contributed by atoms with Gasteiger partial charge in [-0.3, -0.25) is 9.48 Å². The fourth-order valence-electron chi connectivity index (χ4n) is 2.27. The topological polar surface area (TPSA) is 46.9 Å². The Morgan fingerprint density at radius 1 is 1.59 bits per heavy atom. The summed E-state index contributed by atoms with van der Waals surface area (Å²) in [5.41, 5.74) is 1.04. The monoisotopic (exact) mass is 233 g/mol. The Labute approximate surface area is 102 Å². The largest absolute Gasteiger partial charge is 0.352 e. The lowest BCUT2D eigenvalue weighted by Crippen LogP contribution is -2.23. The lowest BCUT2D eigenvalue weighted by atomic mass is 10.3. The van der Waals surface area contributed by atoms with Gasteiger partial charge < -0.3 is 5.32 Å². The molecule has 0 radical (unpaired) electrons. The molecule has 0 saturated heterocycles. The van der Waals surface area contributed by atoms with Crippen LogP contribution in [0.3, 0.4) is 0 Å². The van der Waals surface area contributed by atoms with Crippen LogP contribution in [-0.2, 0) is 11.2 Å². The van der Waals surface area contributed by atoms with Crippen molar-refractivity contribution in [2.45, 2.75) is 38.1 Å². The third kappa shape index (κ3) is 3.19. The van der Waals surface area contributed by atoms with Crippen LogP contribution >= 0.6 is 0 Å². The van der Waals surface area contributed by atoms with Gasteiger partial charge in [-0.15, -0.1) is 0 Å². The van der Waals surface area contributed by atoms with Crippen molar-refractivity contribution < 1.29 is 4.79 Å². The molecule has 92 valence electrons. The second kappa shape index (κ2) is 5.66. The molecule has 0 spiro atoms. The molecule has 1 aliphatic rings. The molecule has 1 N–H and O–H groups in total. The van der Waals surface area contributed by atoms with Gasteiger partial charge in [-0.2, -0.15) is 5.10 Å². The van der Waals surface area contributed by atoms with Gasteiger partial charge in [-0.25, -0.2) is 0 Å². The van der Waals surface area contributed by atoms with E-state index in [4.69, 9.17) is 0 Å². The summed E-state index contributed by atoms with van der Waals surface area (Å²) in [6.07, 6.45) is 9.24. The molecule has 1 amide bonds. The highest BCUT2D eigenvalue weighted by molar-refractivity contribution is 5.86. The lowest BCUT2D eigenvalue weighted by Gasteiger charge is -2.08. The first-order chi connectivity index (χ1) is 8.29. The van der Waals surface area contributed by atoms with E-state index in [1.54, 1.807) is 0 Å². The average molecular weight is 233 g/mol. The number of carbonyl (C=O) groups is 1. The average Bonchev–Trinajstić information content (AvgIpc) is 2.98. The Balaban J connectivity index is 1.81. The summed E-state index contributed by atoms with van der Waals surface area (Å²) in [6.45, 7) is 4.03. The summed E-state index contributed by atoms with van der Waals surface area (Å²) in [5.74, 6) is -0.125. The van der Waals surface area contributed by atoms with Crippen molar-refractivity contribution in [1.29, 1.82) is 0 Å². The molecule has 1 aromatic heterocycles. The Hall–Kier alpha value is -1.58. The predicted octanol–water partition coefficient (Wildman–Crippen LogP) is 1.84. The van der Waals surface area contributed by atoms with E-state index >= 15 is 0 Å². The minimum atomic E-state index is -0.125. The van der Waals surface area contributed by atoms with Crippen molar-refractivity contribution in [2.75, 3.05) is 6.54 Å². The first-order valence-corrected chi connectivity index (χ1v) is 6.24. The minimum absolute atomic E-state index is 0.125. The molecule has 0 atom stereocenters. The van der Waals surface area contributed by atoms with Gasteiger partial charge in [-0.05, 0) is 25.0 Å². The second-order valence-electron chi connectivity index (χ2n) is 4.47. The quantitative estimate of drug-likeness (QED) is 0.789. The number of nitrogens with zero attached hydrogens (tertiary/aromatic N) is 2. The minimum Gasteiger partial charge on any atom is -0.352 e. The molecule has 2 rings (SSSR count). The molecule has 1 fully saturated rings. The molecule has 1 aromatic rings. The molecule has 1 aliphatic carbocycles. The van der Waals surface area contributed by atoms with Gasteiger partial charge in [-0.1, -0.05) is 19.4 Å². The zero-order chi connectivity index (χ0) is 12.1. The molecular weight excluding hydrogens is 214 g/mol. The van der Waals surface area contributed by atoms with Crippen LogP contribution in [0.1, 0.15) is 37.4 Å². The zero-order valence-corrected chi connectivity index (χ0v) is 10.1. The number of amides is 1. The zero-order valence-electron chi connectivity index (χ0n) is 10.1. The van der Waals surface area contributed by atoms with Crippen molar-refractivity contribution >= 4 is 5.91 Å². The van der Waals surface area contributed by atoms with Crippen LogP contribution in [0.5, 0.6) is 0 Å². The van der Waals surface area contributed by atoms with E-state index < -0.39 is 0 Å². The first-order valence-electron chi connectivity index (χ1n) is 6.24. The number of hydrogen-bond acceptors (Lipinski definition) is 2. The van der Waals surface area contributed by atoms with Gasteiger partial charge in [0.25, 0.3) is 0 Å². The van der Waals surface area contributed by atoms with E-state index in [1.807, 2.05) is 6.07 Å². The highest BCUT2D eigenvalue weighted by Gasteiger charge is 2.17.